The molecule has 7 rings (SSSR count). The Kier molecular flexibility index (Phi) is 2.56. The maximum atomic E-state index is 2.55. The van der Waals surface area contributed by atoms with Crippen molar-refractivity contribution in [2.45, 2.75) is 33.2 Å². The van der Waals surface area contributed by atoms with Crippen LogP contribution in [-0.2, 0) is 19.4 Å². The molecule has 0 saturated heterocycles. The molecule has 2 nitrogen and oxygen atoms in total. The maximum Gasteiger partial charge on any atom is 0.295 e. The van der Waals surface area contributed by atoms with Gasteiger partial charge >= 0.3 is 0 Å². The van der Waals surface area contributed by atoms with E-state index >= 15 is 0 Å². The normalized spacial score (nSPS) is 14.4. The molecule has 0 bridgehead atoms. The van der Waals surface area contributed by atoms with Crippen LogP contribution >= 0.6 is 0 Å². The first-order chi connectivity index (χ1) is 13.7. The number of fused-ring (bicyclic) bond motifs is 1. The average molecular weight is 361 g/mol. The van der Waals surface area contributed by atoms with Crippen molar-refractivity contribution in [3.05, 3.63) is 82.7 Å². The Balaban J connectivity index is 1.72. The third kappa shape index (κ3) is 1.63. The van der Waals surface area contributed by atoms with Crippen molar-refractivity contribution < 1.29 is 4.57 Å². The van der Waals surface area contributed by atoms with Crippen LogP contribution in [0.25, 0.3) is 38.4 Å². The lowest BCUT2D eigenvalue weighted by Gasteiger charge is -2.15. The fraction of sp³-hybridized carbons (Fsp3) is 0.192. The Morgan fingerprint density at radius 3 is 2.54 bits per heavy atom. The van der Waals surface area contributed by atoms with Crippen LogP contribution in [-0.4, -0.2) is 4.40 Å². The quantitative estimate of drug-likeness (QED) is 0.278. The van der Waals surface area contributed by atoms with Gasteiger partial charge in [0, 0.05) is 28.3 Å². The molecule has 0 spiro atoms. The third-order valence-corrected chi connectivity index (χ3v) is 6.91. The van der Waals surface area contributed by atoms with Crippen molar-refractivity contribution in [1.82, 2.24) is 4.40 Å². The summed E-state index contributed by atoms with van der Waals surface area (Å²) >= 11 is 0. The molecule has 2 aliphatic rings. The summed E-state index contributed by atoms with van der Waals surface area (Å²) < 4.78 is 5.02. The third-order valence-electron chi connectivity index (χ3n) is 6.91. The molecular formula is C26H21N2+. The highest BCUT2D eigenvalue weighted by molar-refractivity contribution is 6.15. The number of hydrogen-bond donors (Lipinski definition) is 0. The average Bonchev–Trinajstić information content (AvgIpc) is 3.22. The zero-order valence-corrected chi connectivity index (χ0v) is 16.2. The Labute approximate surface area is 163 Å². The number of benzene rings is 3. The van der Waals surface area contributed by atoms with Crippen LogP contribution in [0.15, 0.2) is 54.7 Å². The smallest absolute Gasteiger partial charge is 0.225 e. The molecule has 0 aliphatic carbocycles. The van der Waals surface area contributed by atoms with Gasteiger partial charge in [-0.1, -0.05) is 36.4 Å². The summed E-state index contributed by atoms with van der Waals surface area (Å²) in [6.07, 6.45) is 4.68. The number of imidazole rings is 1. The van der Waals surface area contributed by atoms with Gasteiger partial charge in [0.25, 0.3) is 5.65 Å². The number of rotatable bonds is 1. The van der Waals surface area contributed by atoms with Gasteiger partial charge in [0.1, 0.15) is 24.0 Å². The van der Waals surface area contributed by atoms with E-state index in [-0.39, 0.29) is 0 Å². The van der Waals surface area contributed by atoms with Crippen LogP contribution in [0.4, 0.5) is 0 Å². The van der Waals surface area contributed by atoms with Crippen molar-refractivity contribution in [3.63, 3.8) is 0 Å². The van der Waals surface area contributed by atoms with Gasteiger partial charge in [-0.3, -0.25) is 0 Å². The van der Waals surface area contributed by atoms with Gasteiger partial charge < -0.3 is 0 Å². The van der Waals surface area contributed by atoms with E-state index in [1.54, 1.807) is 0 Å². The van der Waals surface area contributed by atoms with Gasteiger partial charge in [0.05, 0.1) is 5.39 Å². The summed E-state index contributed by atoms with van der Waals surface area (Å²) in [5.41, 5.74) is 12.7. The summed E-state index contributed by atoms with van der Waals surface area (Å²) in [7, 11) is 0. The number of pyridine rings is 1. The molecule has 0 saturated carbocycles. The predicted octanol–water partition coefficient (Wildman–Crippen LogP) is 5.28. The van der Waals surface area contributed by atoms with Crippen molar-refractivity contribution >= 4 is 27.3 Å². The first kappa shape index (κ1) is 14.9. The Hall–Kier alpha value is -3.13. The van der Waals surface area contributed by atoms with Crippen LogP contribution in [0, 0.1) is 13.8 Å². The molecule has 134 valence electrons. The molecule has 28 heavy (non-hydrogen) atoms. The van der Waals surface area contributed by atoms with Gasteiger partial charge in [-0.05, 0) is 54.7 Å². The van der Waals surface area contributed by atoms with Gasteiger partial charge in [0.2, 0.25) is 0 Å². The predicted molar refractivity (Wildman–Crippen MR) is 114 cm³/mol. The summed E-state index contributed by atoms with van der Waals surface area (Å²) in [5.74, 6) is 0. The molecule has 2 aliphatic heterocycles. The number of aromatic nitrogens is 2. The van der Waals surface area contributed by atoms with Gasteiger partial charge in [-0.2, -0.15) is 4.40 Å². The molecule has 5 aromatic rings. The fourth-order valence-electron chi connectivity index (χ4n) is 5.80. The Morgan fingerprint density at radius 1 is 0.857 bits per heavy atom. The zero-order valence-electron chi connectivity index (χ0n) is 16.2. The Morgan fingerprint density at radius 2 is 1.68 bits per heavy atom. The standard InChI is InChI=1S/C26H21N2/c1-15-5-3-6-16(2)23(15)18-11-19-13-27-14-20-10-9-17-7-4-8-21-22(12-18)24(19)26(27)28(20)25(17)21/h3-8,11-12,14H,9-10,13H2,1-2H3/q+1. The number of aryl methyl sites for hydroxylation is 4. The minimum absolute atomic E-state index is 0.986. The van der Waals surface area contributed by atoms with Crippen LogP contribution in [0.5, 0.6) is 0 Å². The molecule has 0 amide bonds. The molecule has 2 aromatic heterocycles. The van der Waals surface area contributed by atoms with Crippen LogP contribution in [0.2, 0.25) is 0 Å². The van der Waals surface area contributed by atoms with Crippen molar-refractivity contribution in [2.75, 3.05) is 0 Å². The monoisotopic (exact) mass is 361 g/mol. The van der Waals surface area contributed by atoms with E-state index in [9.17, 15) is 0 Å². The second-order valence-corrected chi connectivity index (χ2v) is 8.55. The van der Waals surface area contributed by atoms with E-state index in [0.717, 1.165) is 19.4 Å². The number of hydrogen-bond acceptors (Lipinski definition) is 0. The lowest BCUT2D eigenvalue weighted by molar-refractivity contribution is -0.657. The van der Waals surface area contributed by atoms with E-state index in [1.165, 1.54) is 66.4 Å². The summed E-state index contributed by atoms with van der Waals surface area (Å²) in [5, 5.41) is 4.27. The summed E-state index contributed by atoms with van der Waals surface area (Å²) in [4.78, 5) is 0. The minimum Gasteiger partial charge on any atom is -0.225 e. The van der Waals surface area contributed by atoms with E-state index in [1.807, 2.05) is 0 Å². The van der Waals surface area contributed by atoms with Crippen LogP contribution < -0.4 is 4.57 Å². The van der Waals surface area contributed by atoms with Crippen LogP contribution in [0.3, 0.4) is 0 Å². The molecule has 0 N–H and O–H groups in total. The molecule has 0 unspecified atom stereocenters. The van der Waals surface area contributed by atoms with Crippen LogP contribution in [0.1, 0.15) is 27.9 Å². The van der Waals surface area contributed by atoms with E-state index in [2.05, 4.69) is 77.5 Å². The Bertz CT molecular complexity index is 1480. The number of nitrogens with zero attached hydrogens (tertiary/aromatic N) is 2. The van der Waals surface area contributed by atoms with Gasteiger partial charge in [-0.15, -0.1) is 0 Å². The molecule has 4 heterocycles. The number of para-hydroxylation sites is 1. The van der Waals surface area contributed by atoms with Crippen molar-refractivity contribution in [1.29, 1.82) is 0 Å². The largest absolute Gasteiger partial charge is 0.295 e. The molecular weight excluding hydrogens is 340 g/mol. The van der Waals surface area contributed by atoms with Gasteiger partial charge in [0.15, 0.2) is 0 Å². The SMILES string of the molecule is Cc1cccc(C)c1-c1cc2c3c(c1)c1cccc4c1n1c(c[n+](c31)C2)CC4. The van der Waals surface area contributed by atoms with E-state index < -0.39 is 0 Å². The molecule has 0 fully saturated rings. The fourth-order valence-corrected chi connectivity index (χ4v) is 5.80. The lowest BCUT2D eigenvalue weighted by Crippen LogP contribution is -2.28. The molecule has 0 radical (unpaired) electrons. The highest BCUT2D eigenvalue weighted by Gasteiger charge is 2.33. The summed E-state index contributed by atoms with van der Waals surface area (Å²) in [6, 6.07) is 18.4. The minimum atomic E-state index is 0.986. The molecule has 2 heteroatoms. The van der Waals surface area contributed by atoms with Crippen molar-refractivity contribution in [3.8, 4) is 11.1 Å². The van der Waals surface area contributed by atoms with E-state index in [4.69, 9.17) is 0 Å². The first-order valence-corrected chi connectivity index (χ1v) is 10.2. The second kappa shape index (κ2) is 4.82. The topological polar surface area (TPSA) is 8.29 Å². The van der Waals surface area contributed by atoms with Crippen molar-refractivity contribution in [2.24, 2.45) is 0 Å². The zero-order chi connectivity index (χ0) is 18.6. The lowest BCUT2D eigenvalue weighted by atomic mass is 9.90. The highest BCUT2D eigenvalue weighted by atomic mass is 15.1. The van der Waals surface area contributed by atoms with E-state index in [0.29, 0.717) is 0 Å². The molecule has 0 atom stereocenters. The highest BCUT2D eigenvalue weighted by Crippen LogP contribution is 2.41. The van der Waals surface area contributed by atoms with Gasteiger partial charge in [-0.25, -0.2) is 4.57 Å². The molecule has 3 aromatic carbocycles. The first-order valence-electron chi connectivity index (χ1n) is 10.2. The summed E-state index contributed by atoms with van der Waals surface area (Å²) in [6.45, 7) is 5.45. The maximum absolute atomic E-state index is 2.55. The second-order valence-electron chi connectivity index (χ2n) is 8.55.